The van der Waals surface area contributed by atoms with Gasteiger partial charge in [-0.15, -0.1) is 5.10 Å². The van der Waals surface area contributed by atoms with Crippen LogP contribution in [0.3, 0.4) is 0 Å². The first kappa shape index (κ1) is 16.9. The lowest BCUT2D eigenvalue weighted by Crippen LogP contribution is -2.13. The largest absolute Gasteiger partial charge is 0.481 e. The number of para-hydroxylation sites is 1. The molecule has 0 aliphatic heterocycles. The van der Waals surface area contributed by atoms with Crippen molar-refractivity contribution in [3.8, 4) is 28.9 Å². The number of rotatable bonds is 4. The highest BCUT2D eigenvalue weighted by molar-refractivity contribution is 5.93. The molecule has 3 heterocycles. The summed E-state index contributed by atoms with van der Waals surface area (Å²) in [6.45, 7) is 0. The topological polar surface area (TPSA) is 91.8 Å². The zero-order valence-electron chi connectivity index (χ0n) is 15.6. The molecule has 1 fully saturated rings. The van der Waals surface area contributed by atoms with Gasteiger partial charge >= 0.3 is 0 Å². The average molecular weight is 376 g/mol. The number of aromatic nitrogens is 6. The van der Waals surface area contributed by atoms with Crippen LogP contribution in [-0.4, -0.2) is 37.2 Å². The summed E-state index contributed by atoms with van der Waals surface area (Å²) >= 11 is 0. The minimum Gasteiger partial charge on any atom is -0.481 e. The van der Waals surface area contributed by atoms with E-state index in [0.717, 1.165) is 29.3 Å². The number of methoxy groups -OCH3 is 1. The predicted molar refractivity (Wildman–Crippen MR) is 103 cm³/mol. The molecule has 0 N–H and O–H groups in total. The number of hydrogen-bond acceptors (Lipinski definition) is 7. The Bertz CT molecular complexity index is 1110. The second-order valence-electron chi connectivity index (χ2n) is 7.03. The molecule has 5 rings (SSSR count). The Labute approximate surface area is 161 Å². The van der Waals surface area contributed by atoms with Gasteiger partial charge in [-0.25, -0.2) is 9.67 Å². The van der Waals surface area contributed by atoms with Crippen LogP contribution in [0.4, 0.5) is 0 Å². The van der Waals surface area contributed by atoms with Gasteiger partial charge in [0, 0.05) is 17.0 Å². The van der Waals surface area contributed by atoms with E-state index in [0.29, 0.717) is 29.3 Å². The summed E-state index contributed by atoms with van der Waals surface area (Å²) in [7, 11) is 1.59. The molecular weight excluding hydrogens is 356 g/mol. The summed E-state index contributed by atoms with van der Waals surface area (Å²) in [4.78, 5) is 9.02. The molecule has 0 radical (unpaired) electrons. The Morgan fingerprint density at radius 1 is 1.11 bits per heavy atom. The van der Waals surface area contributed by atoms with Crippen LogP contribution in [0.5, 0.6) is 5.88 Å². The number of fused-ring (bicyclic) bond motifs is 1. The molecule has 142 valence electrons. The minimum atomic E-state index is 0.358. The molecule has 0 amide bonds. The summed E-state index contributed by atoms with van der Waals surface area (Å²) < 4.78 is 12.7. The molecule has 3 aromatic heterocycles. The van der Waals surface area contributed by atoms with Gasteiger partial charge in [0.25, 0.3) is 5.89 Å². The number of benzene rings is 1. The Balaban J connectivity index is 1.50. The molecule has 8 heteroatoms. The lowest BCUT2D eigenvalue weighted by Gasteiger charge is -2.20. The third-order valence-electron chi connectivity index (χ3n) is 5.25. The van der Waals surface area contributed by atoms with Crippen LogP contribution in [0.1, 0.15) is 38.1 Å². The maximum Gasteiger partial charge on any atom is 0.280 e. The first-order chi connectivity index (χ1) is 13.8. The first-order valence-electron chi connectivity index (χ1n) is 9.52. The number of pyridine rings is 1. The molecule has 0 atom stereocenters. The van der Waals surface area contributed by atoms with Gasteiger partial charge < -0.3 is 9.26 Å². The second kappa shape index (κ2) is 7.03. The summed E-state index contributed by atoms with van der Waals surface area (Å²) in [5.41, 5.74) is 2.21. The minimum absolute atomic E-state index is 0.358. The van der Waals surface area contributed by atoms with Gasteiger partial charge in [0.1, 0.15) is 0 Å². The van der Waals surface area contributed by atoms with Crippen molar-refractivity contribution in [2.45, 2.75) is 38.1 Å². The van der Waals surface area contributed by atoms with Gasteiger partial charge in [0.15, 0.2) is 5.69 Å². The summed E-state index contributed by atoms with van der Waals surface area (Å²) in [5, 5.41) is 13.6. The molecule has 0 bridgehead atoms. The van der Waals surface area contributed by atoms with Gasteiger partial charge in [0.05, 0.1) is 24.9 Å². The van der Waals surface area contributed by atoms with E-state index in [-0.39, 0.29) is 0 Å². The van der Waals surface area contributed by atoms with Gasteiger partial charge in [0.2, 0.25) is 11.7 Å². The van der Waals surface area contributed by atoms with Crippen molar-refractivity contribution in [2.24, 2.45) is 0 Å². The molecule has 1 aliphatic carbocycles. The van der Waals surface area contributed by atoms with Gasteiger partial charge in [-0.3, -0.25) is 0 Å². The molecule has 8 nitrogen and oxygen atoms in total. The Morgan fingerprint density at radius 2 is 1.96 bits per heavy atom. The van der Waals surface area contributed by atoms with Crippen molar-refractivity contribution in [3.63, 3.8) is 0 Å². The van der Waals surface area contributed by atoms with E-state index >= 15 is 0 Å². The third kappa shape index (κ3) is 3.00. The van der Waals surface area contributed by atoms with Crippen molar-refractivity contribution >= 4 is 10.9 Å². The predicted octanol–water partition coefficient (Wildman–Crippen LogP) is 4.06. The lowest BCUT2D eigenvalue weighted by atomic mass is 9.96. The fourth-order valence-corrected chi connectivity index (χ4v) is 3.78. The molecule has 28 heavy (non-hydrogen) atoms. The fraction of sp³-hybridized carbons (Fsp3) is 0.350. The molecule has 1 aliphatic rings. The third-order valence-corrected chi connectivity index (χ3v) is 5.25. The van der Waals surface area contributed by atoms with Gasteiger partial charge in [-0.05, 0) is 18.9 Å². The molecule has 0 saturated heterocycles. The van der Waals surface area contributed by atoms with E-state index in [1.165, 1.54) is 19.3 Å². The standard InChI is InChI=1S/C20H20N6O2/c1-27-18-11-15(14-9-5-6-10-16(14)21-18)19-22-20(28-24-19)17-12-26(25-23-17)13-7-3-2-4-8-13/h5-6,9-13H,2-4,7-8H2,1H3. The van der Waals surface area contributed by atoms with Crippen molar-refractivity contribution in [3.05, 3.63) is 36.5 Å². The van der Waals surface area contributed by atoms with Crippen molar-refractivity contribution in [1.29, 1.82) is 0 Å². The van der Waals surface area contributed by atoms with Crippen molar-refractivity contribution in [1.82, 2.24) is 30.1 Å². The number of ether oxygens (including phenoxy) is 1. The maximum absolute atomic E-state index is 5.49. The average Bonchev–Trinajstić information content (AvgIpc) is 3.43. The molecular formula is C20H20N6O2. The van der Waals surface area contributed by atoms with Crippen LogP contribution in [0.2, 0.25) is 0 Å². The van der Waals surface area contributed by atoms with E-state index in [1.807, 2.05) is 41.2 Å². The first-order valence-corrected chi connectivity index (χ1v) is 9.52. The van der Waals surface area contributed by atoms with Gasteiger partial charge in [-0.2, -0.15) is 4.98 Å². The smallest absolute Gasteiger partial charge is 0.280 e. The van der Waals surface area contributed by atoms with Gasteiger partial charge in [-0.1, -0.05) is 47.8 Å². The second-order valence-corrected chi connectivity index (χ2v) is 7.03. The van der Waals surface area contributed by atoms with E-state index < -0.39 is 0 Å². The molecule has 1 saturated carbocycles. The number of hydrogen-bond donors (Lipinski definition) is 0. The Kier molecular flexibility index (Phi) is 4.23. The Hall–Kier alpha value is -3.29. The Morgan fingerprint density at radius 3 is 2.82 bits per heavy atom. The quantitative estimate of drug-likeness (QED) is 0.530. The fourth-order valence-electron chi connectivity index (χ4n) is 3.78. The zero-order chi connectivity index (χ0) is 18.9. The zero-order valence-corrected chi connectivity index (χ0v) is 15.6. The van der Waals surface area contributed by atoms with Crippen LogP contribution >= 0.6 is 0 Å². The van der Waals surface area contributed by atoms with E-state index in [1.54, 1.807) is 7.11 Å². The summed E-state index contributed by atoms with van der Waals surface area (Å²) in [6.07, 6.45) is 7.96. The normalized spacial score (nSPS) is 15.2. The molecule has 0 spiro atoms. The highest BCUT2D eigenvalue weighted by Gasteiger charge is 2.20. The molecule has 4 aromatic rings. The molecule has 1 aromatic carbocycles. The molecule has 0 unspecified atom stereocenters. The highest BCUT2D eigenvalue weighted by atomic mass is 16.5. The number of nitrogens with zero attached hydrogens (tertiary/aromatic N) is 6. The van der Waals surface area contributed by atoms with Crippen molar-refractivity contribution in [2.75, 3.05) is 7.11 Å². The van der Waals surface area contributed by atoms with Crippen LogP contribution in [0.15, 0.2) is 41.1 Å². The lowest BCUT2D eigenvalue weighted by molar-refractivity contribution is 0.324. The summed E-state index contributed by atoms with van der Waals surface area (Å²) in [5.74, 6) is 1.33. The van der Waals surface area contributed by atoms with Crippen molar-refractivity contribution < 1.29 is 9.26 Å². The van der Waals surface area contributed by atoms with Crippen LogP contribution in [0.25, 0.3) is 33.9 Å². The van der Waals surface area contributed by atoms with Crippen LogP contribution in [-0.2, 0) is 0 Å². The SMILES string of the molecule is COc1cc(-c2noc(-c3cn(C4CCCCC4)nn3)n2)c2ccccc2n1. The van der Waals surface area contributed by atoms with E-state index in [2.05, 4.69) is 25.4 Å². The van der Waals surface area contributed by atoms with E-state index in [9.17, 15) is 0 Å². The monoisotopic (exact) mass is 376 g/mol. The van der Waals surface area contributed by atoms with Crippen LogP contribution < -0.4 is 4.74 Å². The van der Waals surface area contributed by atoms with Crippen LogP contribution in [0, 0.1) is 0 Å². The summed E-state index contributed by atoms with van der Waals surface area (Å²) in [6, 6.07) is 10.0. The van der Waals surface area contributed by atoms with E-state index in [4.69, 9.17) is 9.26 Å². The highest BCUT2D eigenvalue weighted by Crippen LogP contribution is 2.31. The maximum atomic E-state index is 5.49.